The molecule has 2 aromatic carbocycles. The molecule has 0 radical (unpaired) electrons. The largest absolute Gasteiger partial charge is 0.416 e. The molecule has 0 bridgehead atoms. The average Bonchev–Trinajstić information content (AvgIpc) is 2.89. The molecule has 3 rings (SSSR count). The summed E-state index contributed by atoms with van der Waals surface area (Å²) in [5.41, 5.74) is 0.0677. The fourth-order valence-electron chi connectivity index (χ4n) is 2.56. The van der Waals surface area contributed by atoms with E-state index in [1.807, 2.05) is 0 Å². The van der Waals surface area contributed by atoms with Crippen molar-refractivity contribution in [3.63, 3.8) is 0 Å². The van der Waals surface area contributed by atoms with E-state index in [2.05, 4.69) is 0 Å². The summed E-state index contributed by atoms with van der Waals surface area (Å²) in [6.07, 6.45) is -2.79. The molecule has 0 saturated carbocycles. The first kappa shape index (κ1) is 15.1. The normalized spacial score (nSPS) is 11.8. The number of hydrogen-bond donors (Lipinski definition) is 0. The van der Waals surface area contributed by atoms with Crippen LogP contribution < -0.4 is 0 Å². The number of nitrogens with zero attached hydrogens (tertiary/aromatic N) is 2. The minimum absolute atomic E-state index is 0.0387. The van der Waals surface area contributed by atoms with Crippen LogP contribution in [0.2, 0.25) is 0 Å². The van der Waals surface area contributed by atoms with Crippen LogP contribution in [-0.4, -0.2) is 9.49 Å². The molecule has 0 N–H and O–H groups in total. The first-order valence-electron chi connectivity index (χ1n) is 6.74. The second kappa shape index (κ2) is 5.42. The number of halogens is 3. The maximum Gasteiger partial charge on any atom is 0.416 e. The van der Waals surface area contributed by atoms with E-state index in [0.29, 0.717) is 10.9 Å². The second-order valence-corrected chi connectivity index (χ2v) is 5.10. The van der Waals surface area contributed by atoms with Crippen LogP contribution in [0.1, 0.15) is 11.1 Å². The smallest absolute Gasteiger partial charge is 0.343 e. The summed E-state index contributed by atoms with van der Waals surface area (Å²) < 4.78 is 40.8. The molecular weight excluding hydrogens is 309 g/mol. The molecule has 0 aliphatic heterocycles. The van der Waals surface area contributed by atoms with Crippen LogP contribution in [0.4, 0.5) is 18.9 Å². The van der Waals surface area contributed by atoms with Crippen LogP contribution in [0.15, 0.2) is 54.7 Å². The number of nitro benzene ring substituents is 1. The molecule has 0 saturated heterocycles. The number of fused-ring (bicyclic) bond motifs is 1. The molecule has 0 aliphatic rings. The van der Waals surface area contributed by atoms with E-state index < -0.39 is 16.7 Å². The predicted octanol–water partition coefficient (Wildman–Crippen LogP) is 4.62. The number of alkyl halides is 3. The number of non-ortho nitro benzene ring substituents is 1. The van der Waals surface area contributed by atoms with Gasteiger partial charge in [-0.25, -0.2) is 0 Å². The van der Waals surface area contributed by atoms with E-state index in [4.69, 9.17) is 0 Å². The van der Waals surface area contributed by atoms with Gasteiger partial charge in [-0.15, -0.1) is 0 Å². The van der Waals surface area contributed by atoms with E-state index >= 15 is 0 Å². The van der Waals surface area contributed by atoms with E-state index in [1.165, 1.54) is 24.3 Å². The first-order valence-corrected chi connectivity index (χ1v) is 6.74. The monoisotopic (exact) mass is 320 g/mol. The predicted molar refractivity (Wildman–Crippen MR) is 79.1 cm³/mol. The highest BCUT2D eigenvalue weighted by Crippen LogP contribution is 2.32. The van der Waals surface area contributed by atoms with Crippen LogP contribution in [0.25, 0.3) is 10.9 Å². The van der Waals surface area contributed by atoms with Crippen molar-refractivity contribution >= 4 is 16.6 Å². The Labute approximate surface area is 128 Å². The molecular formula is C16H11F3N2O2. The topological polar surface area (TPSA) is 48.1 Å². The molecule has 118 valence electrons. The molecule has 0 fully saturated rings. The van der Waals surface area contributed by atoms with Gasteiger partial charge in [0.2, 0.25) is 0 Å². The van der Waals surface area contributed by atoms with Crippen LogP contribution in [0.3, 0.4) is 0 Å². The lowest BCUT2D eigenvalue weighted by atomic mass is 10.1. The van der Waals surface area contributed by atoms with E-state index in [1.54, 1.807) is 29.0 Å². The number of nitro groups is 1. The third-order valence-electron chi connectivity index (χ3n) is 3.63. The second-order valence-electron chi connectivity index (χ2n) is 5.10. The highest BCUT2D eigenvalue weighted by atomic mass is 19.4. The lowest BCUT2D eigenvalue weighted by molar-refractivity contribution is -0.384. The van der Waals surface area contributed by atoms with Crippen molar-refractivity contribution in [2.45, 2.75) is 12.7 Å². The molecule has 3 aromatic rings. The number of hydrogen-bond acceptors (Lipinski definition) is 2. The Morgan fingerprint density at radius 3 is 2.52 bits per heavy atom. The van der Waals surface area contributed by atoms with Crippen LogP contribution in [0.5, 0.6) is 0 Å². The van der Waals surface area contributed by atoms with Crippen molar-refractivity contribution in [2.75, 3.05) is 0 Å². The Bertz CT molecular complexity index is 884. The Balaban J connectivity index is 2.02. The van der Waals surface area contributed by atoms with Crippen LogP contribution in [0, 0.1) is 10.1 Å². The lowest BCUT2D eigenvalue weighted by Gasteiger charge is -2.13. The maximum atomic E-state index is 13.0. The zero-order valence-corrected chi connectivity index (χ0v) is 11.7. The Hall–Kier alpha value is -2.83. The molecule has 4 nitrogen and oxygen atoms in total. The van der Waals surface area contributed by atoms with Crippen molar-refractivity contribution in [1.29, 1.82) is 0 Å². The third-order valence-corrected chi connectivity index (χ3v) is 3.63. The third kappa shape index (κ3) is 2.90. The summed E-state index contributed by atoms with van der Waals surface area (Å²) in [7, 11) is 0. The van der Waals surface area contributed by atoms with Gasteiger partial charge in [-0.1, -0.05) is 18.2 Å². The SMILES string of the molecule is O=[N+]([O-])c1ccc2c(ccn2Cc2ccccc2C(F)(F)F)c1. The fraction of sp³-hybridized carbons (Fsp3) is 0.125. The van der Waals surface area contributed by atoms with Crippen molar-refractivity contribution < 1.29 is 18.1 Å². The van der Waals surface area contributed by atoms with Gasteiger partial charge >= 0.3 is 6.18 Å². The minimum Gasteiger partial charge on any atom is -0.343 e. The maximum absolute atomic E-state index is 13.0. The van der Waals surface area contributed by atoms with Gasteiger partial charge in [0.1, 0.15) is 0 Å². The zero-order valence-electron chi connectivity index (χ0n) is 11.7. The van der Waals surface area contributed by atoms with Gasteiger partial charge in [-0.3, -0.25) is 10.1 Å². The van der Waals surface area contributed by atoms with E-state index in [0.717, 1.165) is 6.07 Å². The van der Waals surface area contributed by atoms with Gasteiger partial charge in [0.25, 0.3) is 5.69 Å². The molecule has 0 aliphatic carbocycles. The van der Waals surface area contributed by atoms with Crippen molar-refractivity contribution in [3.8, 4) is 0 Å². The zero-order chi connectivity index (χ0) is 16.6. The molecule has 0 unspecified atom stereocenters. The van der Waals surface area contributed by atoms with Gasteiger partial charge in [0.05, 0.1) is 10.5 Å². The molecule has 1 heterocycles. The average molecular weight is 320 g/mol. The highest BCUT2D eigenvalue weighted by Gasteiger charge is 2.32. The molecule has 23 heavy (non-hydrogen) atoms. The number of benzene rings is 2. The molecule has 0 amide bonds. The quantitative estimate of drug-likeness (QED) is 0.522. The number of rotatable bonds is 3. The summed E-state index contributed by atoms with van der Waals surface area (Å²) >= 11 is 0. The Morgan fingerprint density at radius 1 is 1.09 bits per heavy atom. The minimum atomic E-state index is -4.42. The van der Waals surface area contributed by atoms with Crippen molar-refractivity contribution in [3.05, 3.63) is 76.0 Å². The van der Waals surface area contributed by atoms with Gasteiger partial charge < -0.3 is 4.57 Å². The Morgan fingerprint density at radius 2 is 1.83 bits per heavy atom. The van der Waals surface area contributed by atoms with Gasteiger partial charge in [-0.05, 0) is 23.8 Å². The summed E-state index contributed by atoms with van der Waals surface area (Å²) in [6, 6.07) is 11.3. The van der Waals surface area contributed by atoms with Crippen molar-refractivity contribution in [2.24, 2.45) is 0 Å². The molecule has 0 spiro atoms. The molecule has 1 aromatic heterocycles. The van der Waals surface area contributed by atoms with Gasteiger partial charge in [0.15, 0.2) is 0 Å². The van der Waals surface area contributed by atoms with Gasteiger partial charge in [-0.2, -0.15) is 13.2 Å². The van der Waals surface area contributed by atoms with Gasteiger partial charge in [0, 0.05) is 35.8 Å². The lowest BCUT2D eigenvalue weighted by Crippen LogP contribution is -2.11. The summed E-state index contributed by atoms with van der Waals surface area (Å²) in [6.45, 7) is 0.0387. The van der Waals surface area contributed by atoms with Crippen LogP contribution >= 0.6 is 0 Å². The van der Waals surface area contributed by atoms with E-state index in [9.17, 15) is 23.3 Å². The fourth-order valence-corrected chi connectivity index (χ4v) is 2.56. The first-order chi connectivity index (χ1) is 10.9. The Kier molecular flexibility index (Phi) is 3.55. The molecule has 7 heteroatoms. The van der Waals surface area contributed by atoms with Crippen LogP contribution in [-0.2, 0) is 12.7 Å². The summed E-state index contributed by atoms with van der Waals surface area (Å²) in [5, 5.41) is 11.4. The van der Waals surface area contributed by atoms with E-state index in [-0.39, 0.29) is 17.8 Å². The summed E-state index contributed by atoms with van der Waals surface area (Å²) in [5.74, 6) is 0. The number of aromatic nitrogens is 1. The summed E-state index contributed by atoms with van der Waals surface area (Å²) in [4.78, 5) is 10.3. The highest BCUT2D eigenvalue weighted by molar-refractivity contribution is 5.82. The molecule has 0 atom stereocenters. The van der Waals surface area contributed by atoms with Crippen molar-refractivity contribution in [1.82, 2.24) is 4.57 Å². The standard InChI is InChI=1S/C16H11F3N2O2/c17-16(18,19)14-4-2-1-3-12(14)10-20-8-7-11-9-13(21(22)23)5-6-15(11)20/h1-9H,10H2.